The van der Waals surface area contributed by atoms with Crippen molar-refractivity contribution in [3.8, 4) is 11.8 Å². The zero-order chi connectivity index (χ0) is 28.4. The van der Waals surface area contributed by atoms with Gasteiger partial charge in [-0.3, -0.25) is 4.57 Å². The van der Waals surface area contributed by atoms with Gasteiger partial charge in [0, 0.05) is 23.0 Å². The number of aromatic hydroxyl groups is 2. The van der Waals surface area contributed by atoms with Gasteiger partial charge in [-0.1, -0.05) is 62.3 Å². The molecule has 1 aromatic rings. The Kier molecular flexibility index (Phi) is 10.9. The Hall–Kier alpha value is -0.460. The molecule has 1 heterocycles. The molecule has 1 rings (SSSR count). The molecule has 2 N–H and O–H groups in total. The van der Waals surface area contributed by atoms with Crippen LogP contribution < -0.4 is 0 Å². The van der Waals surface area contributed by atoms with Gasteiger partial charge < -0.3 is 14.9 Å². The van der Waals surface area contributed by atoms with Crippen LogP contribution >= 0.6 is 23.5 Å². The van der Waals surface area contributed by atoms with E-state index in [1.807, 2.05) is 25.6 Å². The summed E-state index contributed by atoms with van der Waals surface area (Å²) in [6, 6.07) is 1.71. The first kappa shape index (κ1) is 33.6. The van der Waals surface area contributed by atoms with Crippen LogP contribution in [0.25, 0.3) is 0 Å². The van der Waals surface area contributed by atoms with Gasteiger partial charge in [-0.15, -0.1) is 11.8 Å². The third-order valence-electron chi connectivity index (χ3n) is 7.58. The van der Waals surface area contributed by atoms with Crippen LogP contribution in [0.1, 0.15) is 116 Å². The quantitative estimate of drug-likeness (QED) is 0.229. The highest BCUT2D eigenvalue weighted by molar-refractivity contribution is 8.00. The predicted molar refractivity (Wildman–Crippen MR) is 161 cm³/mol. The molecular formula is C30H57NO3S2. The van der Waals surface area contributed by atoms with Crippen LogP contribution in [0.3, 0.4) is 0 Å². The largest absolute Gasteiger partial charge is 0.494 e. The van der Waals surface area contributed by atoms with Crippen LogP contribution in [0.4, 0.5) is 0 Å². The van der Waals surface area contributed by atoms with E-state index in [0.717, 1.165) is 17.7 Å². The Balaban J connectivity index is 2.95. The van der Waals surface area contributed by atoms with E-state index in [-0.39, 0.29) is 38.4 Å². The molecule has 0 atom stereocenters. The van der Waals surface area contributed by atoms with Crippen LogP contribution in [0.2, 0.25) is 0 Å². The number of nitrogens with zero attached hydrogens (tertiary/aromatic N) is 1. The number of hydrogen-bond acceptors (Lipinski definition) is 5. The van der Waals surface area contributed by atoms with E-state index in [1.165, 1.54) is 12.2 Å². The lowest BCUT2D eigenvalue weighted by Gasteiger charge is -2.46. The Bertz CT molecular complexity index is 845. The fourth-order valence-corrected chi connectivity index (χ4v) is 7.69. The van der Waals surface area contributed by atoms with Crippen LogP contribution in [0.15, 0.2) is 11.0 Å². The molecule has 6 heteroatoms. The zero-order valence-corrected chi connectivity index (χ0v) is 27.5. The highest BCUT2D eigenvalue weighted by atomic mass is 32.2. The fraction of sp³-hybridized carbons (Fsp3) is 0.867. The van der Waals surface area contributed by atoms with Crippen molar-refractivity contribution >= 4 is 23.5 Å². The summed E-state index contributed by atoms with van der Waals surface area (Å²) < 4.78 is 8.13. The summed E-state index contributed by atoms with van der Waals surface area (Å²) >= 11 is 3.54. The van der Waals surface area contributed by atoms with Crippen molar-refractivity contribution in [2.75, 3.05) is 18.6 Å². The van der Waals surface area contributed by atoms with Crippen molar-refractivity contribution in [2.45, 2.75) is 136 Å². The number of ether oxygens (including phenoxy) is 1. The lowest BCUT2D eigenvalue weighted by molar-refractivity contribution is -0.116. The topological polar surface area (TPSA) is 54.6 Å². The average Bonchev–Trinajstić information content (AvgIpc) is 2.89. The maximum absolute atomic E-state index is 11.1. The molecule has 0 bridgehead atoms. The molecule has 0 aliphatic rings. The van der Waals surface area contributed by atoms with Crippen molar-refractivity contribution in [3.05, 3.63) is 6.07 Å². The maximum atomic E-state index is 11.1. The Labute approximate surface area is 231 Å². The van der Waals surface area contributed by atoms with Crippen molar-refractivity contribution in [1.82, 2.24) is 4.57 Å². The monoisotopic (exact) mass is 543 g/mol. The first-order valence-corrected chi connectivity index (χ1v) is 15.6. The molecule has 0 aromatic carbocycles. The molecule has 0 saturated heterocycles. The van der Waals surface area contributed by atoms with Gasteiger partial charge in [0.2, 0.25) is 5.88 Å². The van der Waals surface area contributed by atoms with Gasteiger partial charge in [-0.25, -0.2) is 0 Å². The summed E-state index contributed by atoms with van der Waals surface area (Å²) in [5.41, 5.74) is -0.376. The number of aromatic nitrogens is 1. The van der Waals surface area contributed by atoms with E-state index in [2.05, 4.69) is 82.4 Å². The average molecular weight is 544 g/mol. The van der Waals surface area contributed by atoms with E-state index >= 15 is 0 Å². The molecule has 36 heavy (non-hydrogen) atoms. The van der Waals surface area contributed by atoms with Gasteiger partial charge >= 0.3 is 0 Å². The molecule has 0 radical (unpaired) electrons. The molecule has 212 valence electrons. The van der Waals surface area contributed by atoms with Crippen molar-refractivity contribution < 1.29 is 14.9 Å². The first-order valence-electron chi connectivity index (χ1n) is 13.4. The zero-order valence-electron chi connectivity index (χ0n) is 25.9. The van der Waals surface area contributed by atoms with E-state index in [1.54, 1.807) is 22.4 Å². The minimum Gasteiger partial charge on any atom is -0.494 e. The Morgan fingerprint density at radius 3 is 1.89 bits per heavy atom. The smallest absolute Gasteiger partial charge is 0.208 e. The minimum atomic E-state index is -0.501. The molecule has 0 aliphatic carbocycles. The second-order valence-corrected chi connectivity index (χ2v) is 17.7. The summed E-state index contributed by atoms with van der Waals surface area (Å²) in [7, 11) is 0. The van der Waals surface area contributed by atoms with Crippen LogP contribution in [-0.2, 0) is 10.3 Å². The van der Waals surface area contributed by atoms with Gasteiger partial charge in [-0.05, 0) is 81.6 Å². The Morgan fingerprint density at radius 1 is 0.833 bits per heavy atom. The first-order chi connectivity index (χ1) is 16.0. The van der Waals surface area contributed by atoms with Crippen molar-refractivity contribution in [2.24, 2.45) is 16.2 Å². The number of hydrogen-bond donors (Lipinski definition) is 2. The van der Waals surface area contributed by atoms with E-state index in [0.29, 0.717) is 13.0 Å². The standard InChI is InChI=1S/C30H57NO3S2/c1-25(2,3)20-29(10,11)36-22-19-23(32)31(24(22)33)28(8,9)15-17-34-30(12,13)27(6,7)21-26(4,5)16-18-35-14/h19,32-33H,15-18,20-21H2,1-14H3. The fourth-order valence-electron chi connectivity index (χ4n) is 5.49. The van der Waals surface area contributed by atoms with E-state index in [4.69, 9.17) is 4.74 Å². The van der Waals surface area contributed by atoms with Crippen molar-refractivity contribution in [3.63, 3.8) is 0 Å². The molecular weight excluding hydrogens is 486 g/mol. The maximum Gasteiger partial charge on any atom is 0.208 e. The highest BCUT2D eigenvalue weighted by Gasteiger charge is 2.42. The highest BCUT2D eigenvalue weighted by Crippen LogP contribution is 2.48. The lowest BCUT2D eigenvalue weighted by atomic mass is 9.66. The molecule has 0 spiro atoms. The van der Waals surface area contributed by atoms with Gasteiger partial charge in [0.25, 0.3) is 0 Å². The molecule has 0 amide bonds. The summed E-state index contributed by atoms with van der Waals surface area (Å²) in [6.07, 6.45) is 6.12. The normalized spacial score (nSPS) is 14.5. The second-order valence-electron chi connectivity index (χ2n) is 15.0. The second kappa shape index (κ2) is 11.7. The lowest BCUT2D eigenvalue weighted by Crippen LogP contribution is -2.45. The third kappa shape index (κ3) is 9.69. The third-order valence-corrected chi connectivity index (χ3v) is 9.41. The summed E-state index contributed by atoms with van der Waals surface area (Å²) in [5.74, 6) is 1.41. The number of thioether (sulfide) groups is 2. The van der Waals surface area contributed by atoms with Crippen molar-refractivity contribution in [1.29, 1.82) is 0 Å². The molecule has 4 nitrogen and oxygen atoms in total. The van der Waals surface area contributed by atoms with E-state index < -0.39 is 5.54 Å². The van der Waals surface area contributed by atoms with Crippen LogP contribution in [-0.4, -0.2) is 43.7 Å². The summed E-state index contributed by atoms with van der Waals surface area (Å²) in [6.45, 7) is 29.5. The van der Waals surface area contributed by atoms with Gasteiger partial charge in [0.1, 0.15) is 0 Å². The molecule has 1 aromatic heterocycles. The SMILES string of the molecule is CSCCC(C)(C)CC(C)(C)C(C)(C)OCCC(C)(C)n1c(O)cc(SC(C)(C)CC(C)(C)C)c1O. The van der Waals surface area contributed by atoms with Gasteiger partial charge in [0.05, 0.1) is 10.5 Å². The predicted octanol–water partition coefficient (Wildman–Crippen LogP) is 9.32. The Morgan fingerprint density at radius 2 is 1.39 bits per heavy atom. The molecule has 0 unspecified atom stereocenters. The summed E-state index contributed by atoms with van der Waals surface area (Å²) in [4.78, 5) is 0.727. The van der Waals surface area contributed by atoms with E-state index in [9.17, 15) is 10.2 Å². The van der Waals surface area contributed by atoms with Crippen LogP contribution in [0, 0.1) is 16.2 Å². The molecule has 0 fully saturated rings. The summed E-state index contributed by atoms with van der Waals surface area (Å²) in [5, 5.41) is 21.9. The van der Waals surface area contributed by atoms with Crippen LogP contribution in [0.5, 0.6) is 11.8 Å². The number of rotatable bonds is 14. The van der Waals surface area contributed by atoms with Gasteiger partial charge in [0.15, 0.2) is 5.88 Å². The minimum absolute atomic E-state index is 0.000769. The molecule has 0 aliphatic heterocycles. The molecule has 0 saturated carbocycles. The van der Waals surface area contributed by atoms with Gasteiger partial charge in [-0.2, -0.15) is 11.8 Å².